The Hall–Kier alpha value is -1.55. The summed E-state index contributed by atoms with van der Waals surface area (Å²) in [6.07, 6.45) is 0.429. The molecular formula is C14H21NO3. The van der Waals surface area contributed by atoms with Crippen molar-refractivity contribution >= 4 is 5.78 Å². The minimum atomic E-state index is 0.0514. The number of rotatable bonds is 6. The molecule has 1 unspecified atom stereocenters. The van der Waals surface area contributed by atoms with Crippen LogP contribution in [-0.2, 0) is 0 Å². The van der Waals surface area contributed by atoms with E-state index in [-0.39, 0.29) is 11.7 Å². The number of nitrogens with two attached hydrogens (primary N) is 1. The Labute approximate surface area is 108 Å². The zero-order valence-corrected chi connectivity index (χ0v) is 11.4. The van der Waals surface area contributed by atoms with Gasteiger partial charge in [-0.1, -0.05) is 6.92 Å². The summed E-state index contributed by atoms with van der Waals surface area (Å²) >= 11 is 0. The molecule has 0 saturated carbocycles. The standard InChI is InChI=1S/C14H21NO3/c1-9(8-15)7-12(16)11-5-6-13(17-3)10(2)14(11)18-4/h5-6,9H,7-8,15H2,1-4H3. The molecule has 1 rings (SSSR count). The van der Waals surface area contributed by atoms with Crippen molar-refractivity contribution in [1.82, 2.24) is 0 Å². The average molecular weight is 251 g/mol. The fourth-order valence-electron chi connectivity index (χ4n) is 1.89. The number of carbonyl (C=O) groups excluding carboxylic acids is 1. The largest absolute Gasteiger partial charge is 0.496 e. The smallest absolute Gasteiger partial charge is 0.166 e. The summed E-state index contributed by atoms with van der Waals surface area (Å²) in [7, 11) is 3.16. The minimum Gasteiger partial charge on any atom is -0.496 e. The molecular weight excluding hydrogens is 230 g/mol. The van der Waals surface area contributed by atoms with Crippen molar-refractivity contribution in [3.8, 4) is 11.5 Å². The van der Waals surface area contributed by atoms with Crippen LogP contribution >= 0.6 is 0 Å². The van der Waals surface area contributed by atoms with Gasteiger partial charge in [0.25, 0.3) is 0 Å². The van der Waals surface area contributed by atoms with Gasteiger partial charge in [0.05, 0.1) is 19.8 Å². The van der Waals surface area contributed by atoms with Gasteiger partial charge in [0, 0.05) is 12.0 Å². The maximum atomic E-state index is 12.2. The first-order valence-electron chi connectivity index (χ1n) is 6.00. The van der Waals surface area contributed by atoms with Gasteiger partial charge in [0.2, 0.25) is 0 Å². The van der Waals surface area contributed by atoms with Gasteiger partial charge < -0.3 is 15.2 Å². The highest BCUT2D eigenvalue weighted by Crippen LogP contribution is 2.32. The second-order valence-corrected chi connectivity index (χ2v) is 4.44. The molecule has 0 amide bonds. The molecule has 0 heterocycles. The summed E-state index contributed by atoms with van der Waals surface area (Å²) in [5, 5.41) is 0. The molecule has 0 spiro atoms. The topological polar surface area (TPSA) is 61.5 Å². The van der Waals surface area contributed by atoms with Crippen LogP contribution in [0.15, 0.2) is 12.1 Å². The molecule has 0 radical (unpaired) electrons. The summed E-state index contributed by atoms with van der Waals surface area (Å²) in [4.78, 5) is 12.2. The predicted octanol–water partition coefficient (Wildman–Crippen LogP) is 2.18. The molecule has 1 aromatic carbocycles. The summed E-state index contributed by atoms with van der Waals surface area (Å²) < 4.78 is 10.5. The third-order valence-electron chi connectivity index (χ3n) is 3.02. The van der Waals surface area contributed by atoms with E-state index >= 15 is 0 Å². The maximum Gasteiger partial charge on any atom is 0.166 e. The second-order valence-electron chi connectivity index (χ2n) is 4.44. The van der Waals surface area contributed by atoms with Gasteiger partial charge in [-0.2, -0.15) is 0 Å². The van der Waals surface area contributed by atoms with Crippen molar-refractivity contribution in [2.75, 3.05) is 20.8 Å². The van der Waals surface area contributed by atoms with Crippen molar-refractivity contribution in [1.29, 1.82) is 0 Å². The van der Waals surface area contributed by atoms with E-state index in [1.54, 1.807) is 26.4 Å². The van der Waals surface area contributed by atoms with Crippen molar-refractivity contribution in [3.05, 3.63) is 23.3 Å². The molecule has 0 aliphatic heterocycles. The molecule has 1 atom stereocenters. The highest BCUT2D eigenvalue weighted by Gasteiger charge is 2.18. The second kappa shape index (κ2) is 6.40. The lowest BCUT2D eigenvalue weighted by Crippen LogP contribution is -2.16. The van der Waals surface area contributed by atoms with Gasteiger partial charge in [0.15, 0.2) is 5.78 Å². The van der Waals surface area contributed by atoms with E-state index < -0.39 is 0 Å². The molecule has 2 N–H and O–H groups in total. The van der Waals surface area contributed by atoms with Gasteiger partial charge in [-0.25, -0.2) is 0 Å². The van der Waals surface area contributed by atoms with Gasteiger partial charge >= 0.3 is 0 Å². The highest BCUT2D eigenvalue weighted by molar-refractivity contribution is 5.99. The van der Waals surface area contributed by atoms with Gasteiger partial charge in [0.1, 0.15) is 11.5 Å². The molecule has 4 nitrogen and oxygen atoms in total. The fourth-order valence-corrected chi connectivity index (χ4v) is 1.89. The van der Waals surface area contributed by atoms with Crippen LogP contribution in [0.3, 0.4) is 0 Å². The molecule has 0 fully saturated rings. The summed E-state index contributed by atoms with van der Waals surface area (Å²) in [5.74, 6) is 1.53. The van der Waals surface area contributed by atoms with Crippen molar-refractivity contribution in [3.63, 3.8) is 0 Å². The van der Waals surface area contributed by atoms with Gasteiger partial charge in [-0.15, -0.1) is 0 Å². The third kappa shape index (κ3) is 3.01. The Bertz CT molecular complexity index is 429. The number of benzene rings is 1. The quantitative estimate of drug-likeness (QED) is 0.787. The number of ether oxygens (including phenoxy) is 2. The summed E-state index contributed by atoms with van der Waals surface area (Å²) in [5.41, 5.74) is 6.97. The first-order chi connectivity index (χ1) is 8.54. The van der Waals surface area contributed by atoms with Crippen molar-refractivity contribution in [2.24, 2.45) is 11.7 Å². The third-order valence-corrected chi connectivity index (χ3v) is 3.02. The van der Waals surface area contributed by atoms with Crippen LogP contribution in [0.1, 0.15) is 29.3 Å². The first-order valence-corrected chi connectivity index (χ1v) is 6.00. The number of carbonyl (C=O) groups is 1. The van der Waals surface area contributed by atoms with E-state index in [2.05, 4.69) is 0 Å². The highest BCUT2D eigenvalue weighted by atomic mass is 16.5. The lowest BCUT2D eigenvalue weighted by Gasteiger charge is -2.15. The molecule has 100 valence electrons. The van der Waals surface area contributed by atoms with Crippen LogP contribution in [-0.4, -0.2) is 26.5 Å². The first kappa shape index (κ1) is 14.5. The molecule has 1 aromatic rings. The van der Waals surface area contributed by atoms with E-state index in [0.29, 0.717) is 24.3 Å². The van der Waals surface area contributed by atoms with Crippen molar-refractivity contribution < 1.29 is 14.3 Å². The summed E-state index contributed by atoms with van der Waals surface area (Å²) in [6.45, 7) is 4.34. The van der Waals surface area contributed by atoms with E-state index in [1.807, 2.05) is 13.8 Å². The van der Waals surface area contributed by atoms with Crippen LogP contribution in [0.25, 0.3) is 0 Å². The maximum absolute atomic E-state index is 12.2. The number of hydrogen-bond acceptors (Lipinski definition) is 4. The Morgan fingerprint density at radius 2 is 2.00 bits per heavy atom. The zero-order valence-electron chi connectivity index (χ0n) is 11.4. The van der Waals surface area contributed by atoms with Gasteiger partial charge in [-0.3, -0.25) is 4.79 Å². The van der Waals surface area contributed by atoms with E-state index in [1.165, 1.54) is 0 Å². The number of ketones is 1. The lowest BCUT2D eigenvalue weighted by atomic mass is 9.97. The van der Waals surface area contributed by atoms with E-state index in [9.17, 15) is 4.79 Å². The van der Waals surface area contributed by atoms with Crippen LogP contribution in [0.4, 0.5) is 0 Å². The molecule has 18 heavy (non-hydrogen) atoms. The van der Waals surface area contributed by atoms with Crippen molar-refractivity contribution in [2.45, 2.75) is 20.3 Å². The van der Waals surface area contributed by atoms with Crippen LogP contribution < -0.4 is 15.2 Å². The number of methoxy groups -OCH3 is 2. The Kier molecular flexibility index (Phi) is 5.16. The number of Topliss-reactive ketones (excluding diaryl/α,β-unsaturated/α-hetero) is 1. The Balaban J connectivity index is 3.09. The van der Waals surface area contributed by atoms with E-state index in [4.69, 9.17) is 15.2 Å². The zero-order chi connectivity index (χ0) is 13.7. The van der Waals surface area contributed by atoms with Crippen LogP contribution in [0.2, 0.25) is 0 Å². The summed E-state index contributed by atoms with van der Waals surface area (Å²) in [6, 6.07) is 3.54. The molecule has 0 aromatic heterocycles. The predicted molar refractivity (Wildman–Crippen MR) is 71.4 cm³/mol. The van der Waals surface area contributed by atoms with Gasteiger partial charge in [-0.05, 0) is 31.5 Å². The van der Waals surface area contributed by atoms with E-state index in [0.717, 1.165) is 11.3 Å². The Morgan fingerprint density at radius 3 is 2.50 bits per heavy atom. The molecule has 0 aliphatic rings. The van der Waals surface area contributed by atoms with Crippen LogP contribution in [0, 0.1) is 12.8 Å². The average Bonchev–Trinajstić information content (AvgIpc) is 2.37. The minimum absolute atomic E-state index is 0.0514. The molecule has 4 heteroatoms. The molecule has 0 bridgehead atoms. The normalized spacial score (nSPS) is 12.1. The fraction of sp³-hybridized carbons (Fsp3) is 0.500. The van der Waals surface area contributed by atoms with Crippen LogP contribution in [0.5, 0.6) is 11.5 Å². The molecule has 0 saturated heterocycles. The lowest BCUT2D eigenvalue weighted by molar-refractivity contribution is 0.0962. The SMILES string of the molecule is COc1ccc(C(=O)CC(C)CN)c(OC)c1C. The monoisotopic (exact) mass is 251 g/mol. The Morgan fingerprint density at radius 1 is 1.33 bits per heavy atom. The number of hydrogen-bond donors (Lipinski definition) is 1. The molecule has 0 aliphatic carbocycles.